The summed E-state index contributed by atoms with van der Waals surface area (Å²) in [6.45, 7) is 3.86. The van der Waals surface area contributed by atoms with Crippen LogP contribution >= 0.6 is 23.4 Å². The van der Waals surface area contributed by atoms with E-state index in [0.29, 0.717) is 15.7 Å². The zero-order valence-corrected chi connectivity index (χ0v) is 14.8. The van der Waals surface area contributed by atoms with Gasteiger partial charge in [-0.1, -0.05) is 41.1 Å². The zero-order chi connectivity index (χ0) is 17.1. The first-order valence-electron chi connectivity index (χ1n) is 7.36. The quantitative estimate of drug-likeness (QED) is 0.510. The highest BCUT2D eigenvalue weighted by atomic mass is 35.5. The topological polar surface area (TPSA) is 60.7 Å². The van der Waals surface area contributed by atoms with Gasteiger partial charge in [-0.05, 0) is 60.7 Å². The molecule has 0 aliphatic heterocycles. The molecule has 0 bridgehead atoms. The third-order valence-electron chi connectivity index (χ3n) is 3.50. The van der Waals surface area contributed by atoms with E-state index < -0.39 is 0 Å². The van der Waals surface area contributed by atoms with Crippen LogP contribution in [-0.2, 0) is 0 Å². The molecule has 3 aromatic rings. The third kappa shape index (κ3) is 3.66. The SMILES string of the molecule is Cc1ccc(-n2nnnc2S[C@@H](C)C(=O)c2ccc(Cl)cc2)cc1. The molecule has 0 saturated heterocycles. The van der Waals surface area contributed by atoms with Gasteiger partial charge in [-0.15, -0.1) is 5.10 Å². The number of aromatic nitrogens is 4. The van der Waals surface area contributed by atoms with Crippen LogP contribution in [0.3, 0.4) is 0 Å². The van der Waals surface area contributed by atoms with Gasteiger partial charge in [-0.3, -0.25) is 4.79 Å². The number of halogens is 1. The molecule has 0 N–H and O–H groups in total. The van der Waals surface area contributed by atoms with E-state index in [-0.39, 0.29) is 11.0 Å². The summed E-state index contributed by atoms with van der Waals surface area (Å²) in [5, 5.41) is 12.7. The van der Waals surface area contributed by atoms with Crippen molar-refractivity contribution in [2.45, 2.75) is 24.3 Å². The van der Waals surface area contributed by atoms with E-state index >= 15 is 0 Å². The Morgan fingerprint density at radius 1 is 1.12 bits per heavy atom. The molecular weight excluding hydrogens is 344 g/mol. The summed E-state index contributed by atoms with van der Waals surface area (Å²) in [5.41, 5.74) is 2.64. The predicted octanol–water partition coefficient (Wildman–Crippen LogP) is 3.99. The number of nitrogens with zero attached hydrogens (tertiary/aromatic N) is 4. The second-order valence-electron chi connectivity index (χ2n) is 5.34. The number of hydrogen-bond acceptors (Lipinski definition) is 5. The number of benzene rings is 2. The highest BCUT2D eigenvalue weighted by Crippen LogP contribution is 2.25. The fourth-order valence-corrected chi connectivity index (χ4v) is 3.17. The van der Waals surface area contributed by atoms with Crippen LogP contribution in [0.1, 0.15) is 22.8 Å². The van der Waals surface area contributed by atoms with Gasteiger partial charge in [0.2, 0.25) is 5.16 Å². The molecule has 0 unspecified atom stereocenters. The van der Waals surface area contributed by atoms with Crippen LogP contribution in [0.5, 0.6) is 0 Å². The van der Waals surface area contributed by atoms with Gasteiger partial charge < -0.3 is 0 Å². The Kier molecular flexibility index (Phi) is 4.97. The Bertz CT molecular complexity index is 846. The van der Waals surface area contributed by atoms with Crippen LogP contribution in [0.4, 0.5) is 0 Å². The highest BCUT2D eigenvalue weighted by molar-refractivity contribution is 8.00. The Hall–Kier alpha value is -2.18. The van der Waals surface area contributed by atoms with E-state index in [1.54, 1.807) is 28.9 Å². The van der Waals surface area contributed by atoms with Gasteiger partial charge in [0.25, 0.3) is 0 Å². The molecule has 5 nitrogen and oxygen atoms in total. The summed E-state index contributed by atoms with van der Waals surface area (Å²) in [7, 11) is 0. The fourth-order valence-electron chi connectivity index (χ4n) is 2.16. The number of hydrogen-bond donors (Lipinski definition) is 0. The van der Waals surface area contributed by atoms with Crippen LogP contribution < -0.4 is 0 Å². The van der Waals surface area contributed by atoms with E-state index in [4.69, 9.17) is 11.6 Å². The van der Waals surface area contributed by atoms with E-state index in [0.717, 1.165) is 11.3 Å². The molecule has 7 heteroatoms. The number of tetrazole rings is 1. The number of Topliss-reactive ketones (excluding diaryl/α,β-unsaturated/α-hetero) is 1. The highest BCUT2D eigenvalue weighted by Gasteiger charge is 2.20. The molecule has 0 aliphatic rings. The number of aryl methyl sites for hydroxylation is 1. The molecular formula is C17H15ClN4OS. The Morgan fingerprint density at radius 2 is 1.79 bits per heavy atom. The van der Waals surface area contributed by atoms with Crippen molar-refractivity contribution in [1.29, 1.82) is 0 Å². The summed E-state index contributed by atoms with van der Waals surface area (Å²) in [5.74, 6) is 0.00937. The lowest BCUT2D eigenvalue weighted by Crippen LogP contribution is -2.14. The van der Waals surface area contributed by atoms with E-state index in [2.05, 4.69) is 15.5 Å². The maximum absolute atomic E-state index is 12.5. The normalized spacial score (nSPS) is 12.1. The van der Waals surface area contributed by atoms with Gasteiger partial charge >= 0.3 is 0 Å². The van der Waals surface area contributed by atoms with Crippen LogP contribution in [0.15, 0.2) is 53.7 Å². The minimum Gasteiger partial charge on any atom is -0.293 e. The second-order valence-corrected chi connectivity index (χ2v) is 7.08. The average molecular weight is 359 g/mol. The van der Waals surface area contributed by atoms with Gasteiger partial charge in [-0.2, -0.15) is 4.68 Å². The average Bonchev–Trinajstić information content (AvgIpc) is 3.03. The van der Waals surface area contributed by atoms with Crippen LogP contribution in [0, 0.1) is 6.92 Å². The second kappa shape index (κ2) is 7.15. The smallest absolute Gasteiger partial charge is 0.214 e. The number of ketones is 1. The van der Waals surface area contributed by atoms with Crippen LogP contribution in [-0.4, -0.2) is 31.2 Å². The third-order valence-corrected chi connectivity index (χ3v) is 4.78. The van der Waals surface area contributed by atoms with E-state index in [1.807, 2.05) is 38.1 Å². The maximum atomic E-state index is 12.5. The lowest BCUT2D eigenvalue weighted by molar-refractivity contribution is 0.0994. The number of carbonyl (C=O) groups excluding carboxylic acids is 1. The summed E-state index contributed by atoms with van der Waals surface area (Å²) < 4.78 is 1.63. The molecule has 1 aromatic heterocycles. The fraction of sp³-hybridized carbons (Fsp3) is 0.176. The van der Waals surface area contributed by atoms with Crippen molar-refractivity contribution < 1.29 is 4.79 Å². The summed E-state index contributed by atoms with van der Waals surface area (Å²) >= 11 is 7.19. The zero-order valence-electron chi connectivity index (χ0n) is 13.2. The van der Waals surface area contributed by atoms with Gasteiger partial charge in [0, 0.05) is 10.6 Å². The minimum atomic E-state index is -0.318. The van der Waals surface area contributed by atoms with Gasteiger partial charge in [0.05, 0.1) is 10.9 Å². The molecule has 1 heterocycles. The van der Waals surface area contributed by atoms with Crippen LogP contribution in [0.2, 0.25) is 5.02 Å². The standard InChI is InChI=1S/C17H15ClN4OS/c1-11-3-9-15(10-4-11)22-17(19-20-21-22)24-12(2)16(23)13-5-7-14(18)8-6-13/h3-10,12H,1-2H3/t12-/m0/s1. The number of carbonyl (C=O) groups is 1. The van der Waals surface area contributed by atoms with Gasteiger partial charge in [0.1, 0.15) is 0 Å². The number of thioether (sulfide) groups is 1. The maximum Gasteiger partial charge on any atom is 0.214 e. The first-order valence-corrected chi connectivity index (χ1v) is 8.62. The van der Waals surface area contributed by atoms with E-state index in [1.165, 1.54) is 11.8 Å². The van der Waals surface area contributed by atoms with Crippen molar-refractivity contribution in [3.63, 3.8) is 0 Å². The van der Waals surface area contributed by atoms with Crippen molar-refractivity contribution in [2.75, 3.05) is 0 Å². The molecule has 0 amide bonds. The molecule has 1 atom stereocenters. The Labute approximate surface area is 149 Å². The largest absolute Gasteiger partial charge is 0.293 e. The van der Waals surface area contributed by atoms with Gasteiger partial charge in [-0.25, -0.2) is 0 Å². The summed E-state index contributed by atoms with van der Waals surface area (Å²) in [6.07, 6.45) is 0. The monoisotopic (exact) mass is 358 g/mol. The molecule has 24 heavy (non-hydrogen) atoms. The van der Waals surface area contributed by atoms with Crippen molar-refractivity contribution in [1.82, 2.24) is 20.2 Å². The summed E-state index contributed by atoms with van der Waals surface area (Å²) in [4.78, 5) is 12.5. The predicted molar refractivity (Wildman–Crippen MR) is 95.0 cm³/mol. The molecule has 122 valence electrons. The number of rotatable bonds is 5. The summed E-state index contributed by atoms with van der Waals surface area (Å²) in [6, 6.07) is 14.8. The first-order chi connectivity index (χ1) is 11.5. The van der Waals surface area contributed by atoms with E-state index in [9.17, 15) is 4.79 Å². The minimum absolute atomic E-state index is 0.00937. The van der Waals surface area contributed by atoms with Gasteiger partial charge in [0.15, 0.2) is 5.78 Å². The molecule has 2 aromatic carbocycles. The molecule has 0 aliphatic carbocycles. The molecule has 3 rings (SSSR count). The molecule has 0 radical (unpaired) electrons. The van der Waals surface area contributed by atoms with Crippen molar-refractivity contribution in [3.05, 3.63) is 64.7 Å². The van der Waals surface area contributed by atoms with Crippen molar-refractivity contribution in [2.24, 2.45) is 0 Å². The molecule has 0 fully saturated rings. The Balaban J connectivity index is 1.79. The molecule has 0 spiro atoms. The first kappa shape index (κ1) is 16.7. The molecule has 0 saturated carbocycles. The lowest BCUT2D eigenvalue weighted by Gasteiger charge is -2.10. The Morgan fingerprint density at radius 3 is 2.46 bits per heavy atom. The van der Waals surface area contributed by atoms with Crippen molar-refractivity contribution >= 4 is 29.1 Å². The van der Waals surface area contributed by atoms with Crippen LogP contribution in [0.25, 0.3) is 5.69 Å². The van der Waals surface area contributed by atoms with Crippen molar-refractivity contribution in [3.8, 4) is 5.69 Å². The lowest BCUT2D eigenvalue weighted by atomic mass is 10.1.